The molecular formula is C21H19FN2O3S. The summed E-state index contributed by atoms with van der Waals surface area (Å²) in [4.78, 5) is 7.09. The lowest BCUT2D eigenvalue weighted by Crippen LogP contribution is -2.31. The van der Waals surface area contributed by atoms with E-state index in [2.05, 4.69) is 0 Å². The smallest absolute Gasteiger partial charge is 0.175 e. The van der Waals surface area contributed by atoms with Crippen molar-refractivity contribution < 1.29 is 17.9 Å². The minimum atomic E-state index is -3.29. The summed E-state index contributed by atoms with van der Waals surface area (Å²) >= 11 is 0. The van der Waals surface area contributed by atoms with E-state index in [1.54, 1.807) is 36.4 Å². The fraction of sp³-hybridized carbons (Fsp3) is 0.190. The fourth-order valence-electron chi connectivity index (χ4n) is 3.49. The van der Waals surface area contributed by atoms with Crippen LogP contribution in [0, 0.1) is 5.82 Å². The quantitative estimate of drug-likeness (QED) is 0.860. The molecule has 0 amide bonds. The standard InChI is InChI=1S/C21H19FN2O3S/c1-28(26,27)18-8-4-15(5-9-18)20-21(16-2-6-17(22)7-3-16)24-11-10-14(13-25)12-19(24)23-20/h2-12,19,21,25H,13H2,1H3. The zero-order valence-electron chi connectivity index (χ0n) is 15.2. The molecule has 0 aromatic heterocycles. The van der Waals surface area contributed by atoms with Gasteiger partial charge in [-0.05, 0) is 53.1 Å². The second kappa shape index (κ2) is 7.00. The number of aliphatic hydroxyl groups is 1. The number of nitrogens with zero attached hydrogens (tertiary/aromatic N) is 2. The van der Waals surface area contributed by atoms with Gasteiger partial charge in [0.1, 0.15) is 12.0 Å². The molecule has 0 saturated carbocycles. The molecule has 144 valence electrons. The molecule has 0 bridgehead atoms. The number of rotatable bonds is 4. The summed E-state index contributed by atoms with van der Waals surface area (Å²) in [7, 11) is -3.29. The van der Waals surface area contributed by atoms with Gasteiger partial charge in [-0.1, -0.05) is 24.3 Å². The Morgan fingerprint density at radius 1 is 1.11 bits per heavy atom. The molecule has 7 heteroatoms. The van der Waals surface area contributed by atoms with Gasteiger partial charge in [0, 0.05) is 12.5 Å². The maximum Gasteiger partial charge on any atom is 0.175 e. The predicted molar refractivity (Wildman–Crippen MR) is 105 cm³/mol. The van der Waals surface area contributed by atoms with E-state index in [1.807, 2.05) is 23.3 Å². The summed E-state index contributed by atoms with van der Waals surface area (Å²) in [6.45, 7) is -0.0734. The molecule has 0 radical (unpaired) electrons. The van der Waals surface area contributed by atoms with E-state index in [4.69, 9.17) is 4.99 Å². The van der Waals surface area contributed by atoms with Crippen molar-refractivity contribution in [1.82, 2.24) is 4.90 Å². The normalized spacial score (nSPS) is 21.3. The minimum Gasteiger partial charge on any atom is -0.392 e. The highest BCUT2D eigenvalue weighted by Crippen LogP contribution is 2.37. The number of hydrogen-bond donors (Lipinski definition) is 1. The molecular weight excluding hydrogens is 379 g/mol. The van der Waals surface area contributed by atoms with Crippen molar-refractivity contribution in [3.8, 4) is 0 Å². The Balaban J connectivity index is 1.79. The van der Waals surface area contributed by atoms with Gasteiger partial charge in [-0.3, -0.25) is 4.99 Å². The summed E-state index contributed by atoms with van der Waals surface area (Å²) in [5.41, 5.74) is 3.21. The van der Waals surface area contributed by atoms with Crippen molar-refractivity contribution >= 4 is 15.5 Å². The van der Waals surface area contributed by atoms with E-state index in [1.165, 1.54) is 18.4 Å². The average molecular weight is 398 g/mol. The van der Waals surface area contributed by atoms with Gasteiger partial charge in [-0.15, -0.1) is 0 Å². The molecule has 2 aliphatic rings. The van der Waals surface area contributed by atoms with Crippen molar-refractivity contribution in [2.24, 2.45) is 4.99 Å². The maximum atomic E-state index is 13.4. The number of halogens is 1. The molecule has 28 heavy (non-hydrogen) atoms. The Bertz CT molecular complexity index is 1090. The highest BCUT2D eigenvalue weighted by Gasteiger charge is 2.36. The first-order valence-corrected chi connectivity index (χ1v) is 10.7. The predicted octanol–water partition coefficient (Wildman–Crippen LogP) is 2.85. The molecule has 2 heterocycles. The average Bonchev–Trinajstić information content (AvgIpc) is 3.06. The van der Waals surface area contributed by atoms with Gasteiger partial charge in [-0.25, -0.2) is 12.8 Å². The summed E-state index contributed by atoms with van der Waals surface area (Å²) in [6.07, 6.45) is 6.48. The third-order valence-electron chi connectivity index (χ3n) is 4.90. The largest absolute Gasteiger partial charge is 0.392 e. The summed E-state index contributed by atoms with van der Waals surface area (Å²) in [5, 5.41) is 9.43. The zero-order chi connectivity index (χ0) is 19.9. The van der Waals surface area contributed by atoms with Gasteiger partial charge < -0.3 is 10.0 Å². The maximum absolute atomic E-state index is 13.4. The first-order chi connectivity index (χ1) is 13.4. The van der Waals surface area contributed by atoms with Crippen LogP contribution >= 0.6 is 0 Å². The Labute approximate surface area is 163 Å². The molecule has 2 atom stereocenters. The molecule has 2 aromatic rings. The highest BCUT2D eigenvalue weighted by atomic mass is 32.2. The van der Waals surface area contributed by atoms with Crippen LogP contribution in [-0.2, 0) is 9.84 Å². The first kappa shape index (κ1) is 18.6. The van der Waals surface area contributed by atoms with Crippen molar-refractivity contribution in [2.75, 3.05) is 12.9 Å². The van der Waals surface area contributed by atoms with E-state index in [0.717, 1.165) is 22.4 Å². The van der Waals surface area contributed by atoms with Crippen molar-refractivity contribution in [1.29, 1.82) is 0 Å². The van der Waals surface area contributed by atoms with Gasteiger partial charge in [-0.2, -0.15) is 0 Å². The van der Waals surface area contributed by atoms with Crippen molar-refractivity contribution in [2.45, 2.75) is 17.1 Å². The Hall–Kier alpha value is -2.77. The van der Waals surface area contributed by atoms with Gasteiger partial charge in [0.05, 0.1) is 23.3 Å². The first-order valence-electron chi connectivity index (χ1n) is 8.77. The van der Waals surface area contributed by atoms with E-state index >= 15 is 0 Å². The molecule has 0 aliphatic carbocycles. The summed E-state index contributed by atoms with van der Waals surface area (Å²) in [5.74, 6) is -0.314. The van der Waals surface area contributed by atoms with Gasteiger partial charge in [0.15, 0.2) is 9.84 Å². The molecule has 1 N–H and O–H groups in total. The van der Waals surface area contributed by atoms with Crippen molar-refractivity contribution in [3.05, 3.63) is 89.4 Å². The van der Waals surface area contributed by atoms with E-state index in [-0.39, 0.29) is 29.5 Å². The molecule has 2 aliphatic heterocycles. The topological polar surface area (TPSA) is 70.0 Å². The number of benzene rings is 2. The third-order valence-corrected chi connectivity index (χ3v) is 6.03. The number of sulfone groups is 1. The van der Waals surface area contributed by atoms with E-state index < -0.39 is 9.84 Å². The third kappa shape index (κ3) is 3.39. The lowest BCUT2D eigenvalue weighted by atomic mass is 9.96. The van der Waals surface area contributed by atoms with E-state index in [9.17, 15) is 17.9 Å². The van der Waals surface area contributed by atoms with Gasteiger partial charge in [0.25, 0.3) is 0 Å². The van der Waals surface area contributed by atoms with Crippen molar-refractivity contribution in [3.63, 3.8) is 0 Å². The molecule has 0 fully saturated rings. The van der Waals surface area contributed by atoms with Crippen LogP contribution in [-0.4, -0.2) is 43.2 Å². The molecule has 5 nitrogen and oxygen atoms in total. The van der Waals surface area contributed by atoms with Crippen LogP contribution in [0.1, 0.15) is 17.2 Å². The molecule has 4 rings (SSSR count). The van der Waals surface area contributed by atoms with Crippen LogP contribution in [0.2, 0.25) is 0 Å². The van der Waals surface area contributed by atoms with E-state index in [0.29, 0.717) is 0 Å². The van der Waals surface area contributed by atoms with Gasteiger partial charge in [0.2, 0.25) is 0 Å². The Morgan fingerprint density at radius 2 is 1.79 bits per heavy atom. The van der Waals surface area contributed by atoms with Crippen LogP contribution in [0.5, 0.6) is 0 Å². The van der Waals surface area contributed by atoms with Gasteiger partial charge >= 0.3 is 0 Å². The van der Waals surface area contributed by atoms with Crippen LogP contribution in [0.4, 0.5) is 4.39 Å². The molecule has 2 aromatic carbocycles. The van der Waals surface area contributed by atoms with Crippen LogP contribution in [0.25, 0.3) is 0 Å². The zero-order valence-corrected chi connectivity index (χ0v) is 16.0. The monoisotopic (exact) mass is 398 g/mol. The second-order valence-electron chi connectivity index (χ2n) is 6.84. The number of fused-ring (bicyclic) bond motifs is 1. The lowest BCUT2D eigenvalue weighted by molar-refractivity contribution is 0.303. The van der Waals surface area contributed by atoms with Crippen LogP contribution in [0.15, 0.2) is 82.3 Å². The molecule has 0 spiro atoms. The molecule has 2 unspecified atom stereocenters. The Kier molecular flexibility index (Phi) is 4.64. The lowest BCUT2D eigenvalue weighted by Gasteiger charge is -2.30. The SMILES string of the molecule is CS(=O)(=O)c1ccc(C2=NC3C=C(CO)C=CN3C2c2ccc(F)cc2)cc1. The number of aliphatic hydroxyl groups excluding tert-OH is 1. The highest BCUT2D eigenvalue weighted by molar-refractivity contribution is 7.90. The summed E-state index contributed by atoms with van der Waals surface area (Å²) in [6, 6.07) is 12.6. The number of aliphatic imine (C=N–C) groups is 1. The number of hydrogen-bond acceptors (Lipinski definition) is 5. The minimum absolute atomic E-state index is 0.0734. The fourth-order valence-corrected chi connectivity index (χ4v) is 4.12. The Morgan fingerprint density at radius 3 is 2.39 bits per heavy atom. The molecule has 0 saturated heterocycles. The van der Waals surface area contributed by atoms with Crippen LogP contribution < -0.4 is 0 Å². The second-order valence-corrected chi connectivity index (χ2v) is 8.86. The summed E-state index contributed by atoms with van der Waals surface area (Å²) < 4.78 is 36.9. The van der Waals surface area contributed by atoms with Crippen LogP contribution in [0.3, 0.4) is 0 Å².